The van der Waals surface area contributed by atoms with E-state index in [2.05, 4.69) is 4.98 Å². The van der Waals surface area contributed by atoms with Crippen LogP contribution in [0.1, 0.15) is 13.3 Å². The first-order chi connectivity index (χ1) is 7.70. The van der Waals surface area contributed by atoms with Crippen LogP contribution in [-0.4, -0.2) is 21.3 Å². The molecule has 1 atom stereocenters. The Morgan fingerprint density at radius 1 is 1.50 bits per heavy atom. The van der Waals surface area contributed by atoms with Crippen molar-refractivity contribution < 1.29 is 9.90 Å². The van der Waals surface area contributed by atoms with E-state index in [1.807, 2.05) is 37.3 Å². The van der Waals surface area contributed by atoms with Gasteiger partial charge in [-0.25, -0.2) is 0 Å². The van der Waals surface area contributed by atoms with Gasteiger partial charge >= 0.3 is 5.97 Å². The summed E-state index contributed by atoms with van der Waals surface area (Å²) in [6.07, 6.45) is 0.620. The largest absolute Gasteiger partial charge is 0.480 e. The molecule has 0 amide bonds. The zero-order chi connectivity index (χ0) is 11.5. The fourth-order valence-corrected chi connectivity index (χ4v) is 2.51. The number of rotatable bonds is 4. The molecule has 0 bridgehead atoms. The normalized spacial score (nSPS) is 12.8. The summed E-state index contributed by atoms with van der Waals surface area (Å²) in [4.78, 5) is 14.1. The zero-order valence-electron chi connectivity index (χ0n) is 8.93. The van der Waals surface area contributed by atoms with Gasteiger partial charge in [0.2, 0.25) is 0 Å². The minimum Gasteiger partial charge on any atom is -0.480 e. The van der Waals surface area contributed by atoms with Gasteiger partial charge < -0.3 is 10.1 Å². The molecule has 0 aliphatic carbocycles. The lowest BCUT2D eigenvalue weighted by molar-refractivity contribution is -0.136. The molecule has 1 aromatic carbocycles. The van der Waals surface area contributed by atoms with Crippen LogP contribution >= 0.6 is 11.8 Å². The third-order valence-corrected chi connectivity index (χ3v) is 3.71. The zero-order valence-corrected chi connectivity index (χ0v) is 9.75. The van der Waals surface area contributed by atoms with Crippen LogP contribution in [0, 0.1) is 0 Å². The molecule has 3 nitrogen and oxygen atoms in total. The third-order valence-electron chi connectivity index (χ3n) is 2.42. The molecule has 16 heavy (non-hydrogen) atoms. The average molecular weight is 235 g/mol. The smallest absolute Gasteiger partial charge is 0.317 e. The number of benzene rings is 1. The maximum atomic E-state index is 10.9. The summed E-state index contributed by atoms with van der Waals surface area (Å²) in [7, 11) is 0. The maximum Gasteiger partial charge on any atom is 0.317 e. The van der Waals surface area contributed by atoms with Crippen molar-refractivity contribution in [3.63, 3.8) is 0 Å². The van der Waals surface area contributed by atoms with E-state index in [-0.39, 0.29) is 5.25 Å². The van der Waals surface area contributed by atoms with E-state index in [1.54, 1.807) is 0 Å². The molecule has 0 spiro atoms. The van der Waals surface area contributed by atoms with Crippen LogP contribution in [0.2, 0.25) is 0 Å². The number of para-hydroxylation sites is 1. The van der Waals surface area contributed by atoms with E-state index in [0.717, 1.165) is 15.9 Å². The molecule has 2 rings (SSSR count). The first kappa shape index (κ1) is 11.1. The van der Waals surface area contributed by atoms with E-state index in [4.69, 9.17) is 5.11 Å². The van der Waals surface area contributed by atoms with Crippen LogP contribution in [0.3, 0.4) is 0 Å². The van der Waals surface area contributed by atoms with E-state index in [1.165, 1.54) is 11.8 Å². The number of aromatic nitrogens is 1. The van der Waals surface area contributed by atoms with Gasteiger partial charge in [0.05, 0.1) is 5.03 Å². The second-order valence-corrected chi connectivity index (χ2v) is 4.82. The van der Waals surface area contributed by atoms with Crippen LogP contribution < -0.4 is 0 Å². The predicted molar refractivity (Wildman–Crippen MR) is 65.9 cm³/mol. The molecular formula is C12H13NO2S. The van der Waals surface area contributed by atoms with Gasteiger partial charge in [0, 0.05) is 10.9 Å². The molecule has 0 fully saturated rings. The molecule has 1 unspecified atom stereocenters. The van der Waals surface area contributed by atoms with Gasteiger partial charge in [0.1, 0.15) is 5.25 Å². The van der Waals surface area contributed by atoms with Crippen LogP contribution in [0.15, 0.2) is 35.4 Å². The number of carbonyl (C=O) groups is 1. The minimum atomic E-state index is -0.758. The highest BCUT2D eigenvalue weighted by Crippen LogP contribution is 2.28. The highest BCUT2D eigenvalue weighted by Gasteiger charge is 2.17. The SMILES string of the molecule is CCC(Sc1cc2ccccc2[nH]1)C(=O)O. The molecule has 0 radical (unpaired) electrons. The van der Waals surface area contributed by atoms with Gasteiger partial charge in [-0.05, 0) is 18.6 Å². The molecule has 0 saturated carbocycles. The molecule has 1 aromatic heterocycles. The monoisotopic (exact) mass is 235 g/mol. The van der Waals surface area contributed by atoms with Crippen molar-refractivity contribution in [2.75, 3.05) is 0 Å². The predicted octanol–water partition coefficient (Wildman–Crippen LogP) is 3.12. The van der Waals surface area contributed by atoms with Crippen LogP contribution in [0.5, 0.6) is 0 Å². The van der Waals surface area contributed by atoms with Crippen LogP contribution in [0.4, 0.5) is 0 Å². The summed E-state index contributed by atoms with van der Waals surface area (Å²) in [6.45, 7) is 1.88. The topological polar surface area (TPSA) is 53.1 Å². The lowest BCUT2D eigenvalue weighted by Gasteiger charge is -2.06. The standard InChI is InChI=1S/C12H13NO2S/c1-2-10(12(14)15)16-11-7-8-5-3-4-6-9(8)13-11/h3-7,10,13H,2H2,1H3,(H,14,15). The van der Waals surface area contributed by atoms with Crippen LogP contribution in [-0.2, 0) is 4.79 Å². The van der Waals surface area contributed by atoms with E-state index in [0.29, 0.717) is 6.42 Å². The Kier molecular flexibility index (Phi) is 3.19. The second-order valence-electron chi connectivity index (χ2n) is 3.57. The van der Waals surface area contributed by atoms with Gasteiger partial charge in [0.25, 0.3) is 0 Å². The summed E-state index contributed by atoms with van der Waals surface area (Å²) in [6, 6.07) is 9.92. The number of hydrogen-bond donors (Lipinski definition) is 2. The fourth-order valence-electron chi connectivity index (χ4n) is 1.57. The molecule has 84 valence electrons. The van der Waals surface area contributed by atoms with Crippen molar-refractivity contribution in [1.29, 1.82) is 0 Å². The van der Waals surface area contributed by atoms with Gasteiger partial charge in [-0.3, -0.25) is 4.79 Å². The second kappa shape index (κ2) is 4.61. The quantitative estimate of drug-likeness (QED) is 0.800. The summed E-state index contributed by atoms with van der Waals surface area (Å²) in [5.41, 5.74) is 1.05. The maximum absolute atomic E-state index is 10.9. The summed E-state index contributed by atoms with van der Waals surface area (Å²) in [5, 5.41) is 10.6. The number of thioether (sulfide) groups is 1. The van der Waals surface area contributed by atoms with E-state index in [9.17, 15) is 4.79 Å². The van der Waals surface area contributed by atoms with E-state index < -0.39 is 5.97 Å². The first-order valence-corrected chi connectivity index (χ1v) is 6.06. The summed E-state index contributed by atoms with van der Waals surface area (Å²) in [5.74, 6) is -0.758. The Morgan fingerprint density at radius 2 is 2.25 bits per heavy atom. The Hall–Kier alpha value is -1.42. The summed E-state index contributed by atoms with van der Waals surface area (Å²) >= 11 is 1.37. The molecule has 1 heterocycles. The number of H-pyrrole nitrogens is 1. The highest BCUT2D eigenvalue weighted by atomic mass is 32.2. The Bertz CT molecular complexity index is 473. The number of nitrogens with one attached hydrogen (secondary N) is 1. The van der Waals surface area contributed by atoms with Gasteiger partial charge in [0.15, 0.2) is 0 Å². The molecule has 0 aliphatic heterocycles. The number of carboxylic acids is 1. The molecule has 0 aliphatic rings. The third kappa shape index (κ3) is 2.22. The highest BCUT2D eigenvalue weighted by molar-refractivity contribution is 8.00. The lowest BCUT2D eigenvalue weighted by atomic mass is 10.3. The molecule has 4 heteroatoms. The van der Waals surface area contributed by atoms with Crippen molar-refractivity contribution in [2.24, 2.45) is 0 Å². The molecule has 0 saturated heterocycles. The van der Waals surface area contributed by atoms with Crippen molar-refractivity contribution in [3.8, 4) is 0 Å². The van der Waals surface area contributed by atoms with Crippen molar-refractivity contribution in [3.05, 3.63) is 30.3 Å². The first-order valence-electron chi connectivity index (χ1n) is 5.18. The van der Waals surface area contributed by atoms with Crippen molar-refractivity contribution in [1.82, 2.24) is 4.98 Å². The van der Waals surface area contributed by atoms with Gasteiger partial charge in [-0.1, -0.05) is 36.9 Å². The summed E-state index contributed by atoms with van der Waals surface area (Å²) < 4.78 is 0. The number of hydrogen-bond acceptors (Lipinski definition) is 2. The number of aliphatic carboxylic acids is 1. The Labute approximate surface area is 97.9 Å². The van der Waals surface area contributed by atoms with Gasteiger partial charge in [-0.15, -0.1) is 0 Å². The lowest BCUT2D eigenvalue weighted by Crippen LogP contribution is -2.14. The molecule has 2 N–H and O–H groups in total. The van der Waals surface area contributed by atoms with E-state index >= 15 is 0 Å². The number of carboxylic acid groups (broad SMARTS) is 1. The van der Waals surface area contributed by atoms with Crippen molar-refractivity contribution in [2.45, 2.75) is 23.6 Å². The van der Waals surface area contributed by atoms with Crippen molar-refractivity contribution >= 4 is 28.6 Å². The Morgan fingerprint density at radius 3 is 2.88 bits per heavy atom. The average Bonchev–Trinajstić information content (AvgIpc) is 2.67. The minimum absolute atomic E-state index is 0.381. The van der Waals surface area contributed by atoms with Gasteiger partial charge in [-0.2, -0.15) is 0 Å². The molecule has 2 aromatic rings. The fraction of sp³-hybridized carbons (Fsp3) is 0.250. The number of aromatic amines is 1. The number of fused-ring (bicyclic) bond motifs is 1. The Balaban J connectivity index is 2.24. The van der Waals surface area contributed by atoms with Crippen LogP contribution in [0.25, 0.3) is 10.9 Å². The molecular weight excluding hydrogens is 222 g/mol.